The minimum absolute atomic E-state index is 0.829. The molecule has 0 aliphatic carbocycles. The molecule has 1 aromatic carbocycles. The number of anilines is 1. The number of hydrogen-bond donors (Lipinski definition) is 3. The number of H-pyrrole nitrogens is 1. The average Bonchev–Trinajstić information content (AvgIpc) is 2.79. The van der Waals surface area contributed by atoms with Gasteiger partial charge in [-0.3, -0.25) is 0 Å². The first-order chi connectivity index (χ1) is 8.81. The van der Waals surface area contributed by atoms with Crippen molar-refractivity contribution in [2.24, 2.45) is 0 Å². The maximum absolute atomic E-state index is 5.78. The van der Waals surface area contributed by atoms with E-state index >= 15 is 0 Å². The Morgan fingerprint density at radius 1 is 1.28 bits per heavy atom. The van der Waals surface area contributed by atoms with Crippen molar-refractivity contribution in [2.45, 2.75) is 25.8 Å². The fraction of sp³-hybridized carbons (Fsp3) is 0.357. The van der Waals surface area contributed by atoms with Crippen molar-refractivity contribution in [1.29, 1.82) is 0 Å². The van der Waals surface area contributed by atoms with Gasteiger partial charge in [-0.05, 0) is 24.1 Å². The molecule has 3 rings (SSSR count). The predicted octanol–water partition coefficient (Wildman–Crippen LogP) is 1.42. The number of imidazole rings is 1. The molecule has 2 heterocycles. The molecule has 2 aromatic rings. The Balaban J connectivity index is 1.68. The highest BCUT2D eigenvalue weighted by Crippen LogP contribution is 2.13. The molecule has 0 unspecified atom stereocenters. The quantitative estimate of drug-likeness (QED) is 0.713. The van der Waals surface area contributed by atoms with E-state index in [4.69, 9.17) is 5.73 Å². The molecule has 4 N–H and O–H groups in total. The fourth-order valence-corrected chi connectivity index (χ4v) is 2.41. The summed E-state index contributed by atoms with van der Waals surface area (Å²) in [5, 5.41) is 3.35. The lowest BCUT2D eigenvalue weighted by atomic mass is 10.1. The van der Waals surface area contributed by atoms with Gasteiger partial charge in [-0.1, -0.05) is 12.1 Å². The van der Waals surface area contributed by atoms with Crippen LogP contribution >= 0.6 is 0 Å². The Bertz CT molecular complexity index is 521. The van der Waals surface area contributed by atoms with Crippen LogP contribution in [0.25, 0.3) is 0 Å². The van der Waals surface area contributed by atoms with Gasteiger partial charge in [-0.25, -0.2) is 4.98 Å². The molecular weight excluding hydrogens is 224 g/mol. The van der Waals surface area contributed by atoms with Crippen molar-refractivity contribution in [3.05, 3.63) is 47.0 Å². The number of nitrogens with one attached hydrogen (secondary N) is 2. The molecule has 1 aliphatic rings. The standard InChI is InChI=1S/C14H18N4/c15-11-3-1-2-10(8-11)4-5-14-17-12-6-7-16-9-13(12)18-14/h1-3,8,16H,4-7,9,15H2,(H,17,18). The molecule has 0 fully saturated rings. The number of nitrogens with zero attached hydrogens (tertiary/aromatic N) is 1. The van der Waals surface area contributed by atoms with Crippen LogP contribution in [0, 0.1) is 0 Å². The number of benzene rings is 1. The van der Waals surface area contributed by atoms with Gasteiger partial charge in [0.25, 0.3) is 0 Å². The van der Waals surface area contributed by atoms with Gasteiger partial charge in [0.2, 0.25) is 0 Å². The van der Waals surface area contributed by atoms with Crippen LogP contribution in [-0.4, -0.2) is 16.5 Å². The van der Waals surface area contributed by atoms with E-state index < -0.39 is 0 Å². The van der Waals surface area contributed by atoms with E-state index in [1.54, 1.807) is 0 Å². The number of fused-ring (bicyclic) bond motifs is 1. The highest BCUT2D eigenvalue weighted by Gasteiger charge is 2.13. The average molecular weight is 242 g/mol. The van der Waals surface area contributed by atoms with Gasteiger partial charge < -0.3 is 16.0 Å². The molecule has 0 radical (unpaired) electrons. The molecule has 18 heavy (non-hydrogen) atoms. The molecule has 1 aromatic heterocycles. The Morgan fingerprint density at radius 3 is 3.06 bits per heavy atom. The maximum Gasteiger partial charge on any atom is 0.106 e. The zero-order chi connectivity index (χ0) is 12.4. The number of aryl methyl sites for hydroxylation is 2. The third-order valence-corrected chi connectivity index (χ3v) is 3.36. The molecule has 1 aliphatic heterocycles. The topological polar surface area (TPSA) is 66.7 Å². The van der Waals surface area contributed by atoms with Crippen LogP contribution in [0.4, 0.5) is 5.69 Å². The molecular formula is C14H18N4. The Hall–Kier alpha value is -1.81. The third-order valence-electron chi connectivity index (χ3n) is 3.36. The Labute approximate surface area is 107 Å². The fourth-order valence-electron chi connectivity index (χ4n) is 2.41. The first-order valence-electron chi connectivity index (χ1n) is 6.43. The second-order valence-electron chi connectivity index (χ2n) is 4.78. The third kappa shape index (κ3) is 2.38. The summed E-state index contributed by atoms with van der Waals surface area (Å²) < 4.78 is 0. The highest BCUT2D eigenvalue weighted by molar-refractivity contribution is 5.40. The monoisotopic (exact) mass is 242 g/mol. The van der Waals surface area contributed by atoms with Crippen LogP contribution in [0.2, 0.25) is 0 Å². The van der Waals surface area contributed by atoms with Gasteiger partial charge in [0, 0.05) is 31.6 Å². The zero-order valence-electron chi connectivity index (χ0n) is 10.4. The predicted molar refractivity (Wildman–Crippen MR) is 72.3 cm³/mol. The molecule has 0 saturated carbocycles. The van der Waals surface area contributed by atoms with E-state index in [2.05, 4.69) is 21.4 Å². The van der Waals surface area contributed by atoms with Crippen LogP contribution in [0.1, 0.15) is 22.8 Å². The maximum atomic E-state index is 5.78. The van der Waals surface area contributed by atoms with E-state index in [0.29, 0.717) is 0 Å². The molecule has 0 amide bonds. The SMILES string of the molecule is Nc1cccc(CCc2nc3c([nH]2)CNCC3)c1. The largest absolute Gasteiger partial charge is 0.399 e. The summed E-state index contributed by atoms with van der Waals surface area (Å²) in [5.41, 5.74) is 10.4. The second-order valence-corrected chi connectivity index (χ2v) is 4.78. The van der Waals surface area contributed by atoms with Crippen LogP contribution < -0.4 is 11.1 Å². The second kappa shape index (κ2) is 4.82. The summed E-state index contributed by atoms with van der Waals surface area (Å²) >= 11 is 0. The zero-order valence-corrected chi connectivity index (χ0v) is 10.4. The van der Waals surface area contributed by atoms with Gasteiger partial charge in [-0.15, -0.1) is 0 Å². The van der Waals surface area contributed by atoms with Crippen molar-refractivity contribution in [3.63, 3.8) is 0 Å². The normalized spacial score (nSPS) is 14.4. The lowest BCUT2D eigenvalue weighted by Crippen LogP contribution is -2.23. The van der Waals surface area contributed by atoms with E-state index in [9.17, 15) is 0 Å². The lowest BCUT2D eigenvalue weighted by Gasteiger charge is -2.09. The summed E-state index contributed by atoms with van der Waals surface area (Å²) in [4.78, 5) is 8.08. The smallest absolute Gasteiger partial charge is 0.106 e. The van der Waals surface area contributed by atoms with Gasteiger partial charge in [0.05, 0.1) is 11.4 Å². The van der Waals surface area contributed by atoms with Gasteiger partial charge in [0.15, 0.2) is 0 Å². The van der Waals surface area contributed by atoms with Crippen LogP contribution in [-0.2, 0) is 25.8 Å². The van der Waals surface area contributed by atoms with Gasteiger partial charge in [-0.2, -0.15) is 0 Å². The van der Waals surface area contributed by atoms with Crippen molar-refractivity contribution in [2.75, 3.05) is 12.3 Å². The number of aromatic amines is 1. The molecule has 0 atom stereocenters. The lowest BCUT2D eigenvalue weighted by molar-refractivity contribution is 0.627. The van der Waals surface area contributed by atoms with E-state index in [0.717, 1.165) is 43.9 Å². The first kappa shape index (κ1) is 11.3. The molecule has 0 saturated heterocycles. The van der Waals surface area contributed by atoms with E-state index in [1.165, 1.54) is 17.0 Å². The van der Waals surface area contributed by atoms with Crippen molar-refractivity contribution in [3.8, 4) is 0 Å². The summed E-state index contributed by atoms with van der Waals surface area (Å²) in [6, 6.07) is 8.06. The Morgan fingerprint density at radius 2 is 2.22 bits per heavy atom. The first-order valence-corrected chi connectivity index (χ1v) is 6.43. The van der Waals surface area contributed by atoms with E-state index in [1.807, 2.05) is 18.2 Å². The minimum atomic E-state index is 0.829. The number of nitrogen functional groups attached to an aromatic ring is 1. The Kier molecular flexibility index (Phi) is 3.02. The summed E-state index contributed by atoms with van der Waals surface area (Å²) in [6.07, 6.45) is 2.95. The number of hydrogen-bond acceptors (Lipinski definition) is 3. The number of rotatable bonds is 3. The van der Waals surface area contributed by atoms with Gasteiger partial charge in [0.1, 0.15) is 5.82 Å². The van der Waals surface area contributed by atoms with Crippen molar-refractivity contribution < 1.29 is 0 Å². The van der Waals surface area contributed by atoms with Crippen LogP contribution in [0.5, 0.6) is 0 Å². The molecule has 4 heteroatoms. The molecule has 4 nitrogen and oxygen atoms in total. The molecule has 0 spiro atoms. The van der Waals surface area contributed by atoms with E-state index in [-0.39, 0.29) is 0 Å². The molecule has 94 valence electrons. The molecule has 0 bridgehead atoms. The summed E-state index contributed by atoms with van der Waals surface area (Å²) in [5.74, 6) is 1.09. The number of nitrogens with two attached hydrogens (primary N) is 1. The van der Waals surface area contributed by atoms with Crippen molar-refractivity contribution in [1.82, 2.24) is 15.3 Å². The van der Waals surface area contributed by atoms with Crippen LogP contribution in [0.3, 0.4) is 0 Å². The minimum Gasteiger partial charge on any atom is -0.399 e. The summed E-state index contributed by atoms with van der Waals surface area (Å²) in [6.45, 7) is 1.95. The van der Waals surface area contributed by atoms with Crippen LogP contribution in [0.15, 0.2) is 24.3 Å². The van der Waals surface area contributed by atoms with Gasteiger partial charge >= 0.3 is 0 Å². The van der Waals surface area contributed by atoms with Crippen molar-refractivity contribution >= 4 is 5.69 Å². The number of aromatic nitrogens is 2. The summed E-state index contributed by atoms with van der Waals surface area (Å²) in [7, 11) is 0. The highest BCUT2D eigenvalue weighted by atomic mass is 15.0.